The molecule has 2 rings (SSSR count). The third-order valence-electron chi connectivity index (χ3n) is 2.88. The van der Waals surface area contributed by atoms with Crippen LogP contribution in [-0.4, -0.2) is 23.2 Å². The van der Waals surface area contributed by atoms with Crippen molar-refractivity contribution < 1.29 is 9.18 Å². The zero-order valence-electron chi connectivity index (χ0n) is 10.7. The van der Waals surface area contributed by atoms with Gasteiger partial charge >= 0.3 is 0 Å². The van der Waals surface area contributed by atoms with Crippen molar-refractivity contribution in [3.05, 3.63) is 47.0 Å². The van der Waals surface area contributed by atoms with Crippen LogP contribution in [0.3, 0.4) is 0 Å². The van der Waals surface area contributed by atoms with Crippen LogP contribution in [0.2, 0.25) is 0 Å². The Morgan fingerprint density at radius 1 is 1.47 bits per heavy atom. The van der Waals surface area contributed by atoms with Crippen LogP contribution in [0.5, 0.6) is 0 Å². The molecule has 0 bridgehead atoms. The van der Waals surface area contributed by atoms with Gasteiger partial charge in [-0.15, -0.1) is 0 Å². The summed E-state index contributed by atoms with van der Waals surface area (Å²) in [7, 11) is 1.58. The largest absolute Gasteiger partial charge is 0.385 e. The van der Waals surface area contributed by atoms with Crippen LogP contribution >= 0.6 is 0 Å². The van der Waals surface area contributed by atoms with Crippen molar-refractivity contribution >= 4 is 11.6 Å². The first-order valence-corrected chi connectivity index (χ1v) is 5.86. The Morgan fingerprint density at radius 2 is 2.26 bits per heavy atom. The molecule has 0 aliphatic rings. The first kappa shape index (κ1) is 13.1. The lowest BCUT2D eigenvalue weighted by atomic mass is 10.1. The first-order valence-electron chi connectivity index (χ1n) is 5.86. The maximum atomic E-state index is 13.5. The van der Waals surface area contributed by atoms with Gasteiger partial charge in [0.25, 0.3) is 5.91 Å². The van der Waals surface area contributed by atoms with Crippen molar-refractivity contribution in [2.45, 2.75) is 13.5 Å². The zero-order chi connectivity index (χ0) is 13.8. The second-order valence-corrected chi connectivity index (χ2v) is 4.12. The second kappa shape index (κ2) is 5.51. The third-order valence-corrected chi connectivity index (χ3v) is 2.88. The number of hydrogen-bond donors (Lipinski definition) is 3. The first-order chi connectivity index (χ1) is 9.13. The highest BCUT2D eigenvalue weighted by Crippen LogP contribution is 2.19. The molecule has 5 nitrogen and oxygen atoms in total. The number of halogens is 1. The van der Waals surface area contributed by atoms with E-state index in [1.807, 2.05) is 6.92 Å². The van der Waals surface area contributed by atoms with Gasteiger partial charge in [-0.25, -0.2) is 4.39 Å². The van der Waals surface area contributed by atoms with E-state index in [-0.39, 0.29) is 17.2 Å². The number of carbonyl (C=O) groups is 1. The summed E-state index contributed by atoms with van der Waals surface area (Å²) in [5.74, 6) is -0.779. The van der Waals surface area contributed by atoms with E-state index in [2.05, 4.69) is 20.8 Å². The number of nitrogens with zero attached hydrogens (tertiary/aromatic N) is 1. The molecular weight excluding hydrogens is 247 g/mol. The van der Waals surface area contributed by atoms with Gasteiger partial charge in [0.15, 0.2) is 0 Å². The molecule has 0 saturated carbocycles. The normalized spacial score (nSPS) is 10.3. The quantitative estimate of drug-likeness (QED) is 0.787. The lowest BCUT2D eigenvalue weighted by Gasteiger charge is -2.10. The summed E-state index contributed by atoms with van der Waals surface area (Å²) in [5, 5.41) is 12.1. The summed E-state index contributed by atoms with van der Waals surface area (Å²) < 4.78 is 13.5. The van der Waals surface area contributed by atoms with Crippen molar-refractivity contribution in [3.8, 4) is 0 Å². The van der Waals surface area contributed by atoms with Gasteiger partial charge in [-0.2, -0.15) is 5.10 Å². The lowest BCUT2D eigenvalue weighted by molar-refractivity contribution is 0.0951. The van der Waals surface area contributed by atoms with Crippen LogP contribution in [0, 0.1) is 12.7 Å². The molecule has 6 heteroatoms. The van der Waals surface area contributed by atoms with Crippen molar-refractivity contribution in [1.82, 2.24) is 15.5 Å². The fraction of sp³-hybridized carbons (Fsp3) is 0.231. The number of anilines is 1. The molecule has 0 saturated heterocycles. The number of para-hydroxylation sites is 1. The van der Waals surface area contributed by atoms with E-state index >= 15 is 0 Å². The van der Waals surface area contributed by atoms with Crippen LogP contribution in [0.1, 0.15) is 21.6 Å². The molecule has 19 heavy (non-hydrogen) atoms. The molecule has 0 spiro atoms. The minimum absolute atomic E-state index is 0.198. The zero-order valence-corrected chi connectivity index (χ0v) is 10.7. The van der Waals surface area contributed by atoms with Gasteiger partial charge in [0, 0.05) is 24.8 Å². The highest BCUT2D eigenvalue weighted by Gasteiger charge is 2.14. The molecule has 3 N–H and O–H groups in total. The van der Waals surface area contributed by atoms with E-state index in [1.165, 1.54) is 12.1 Å². The Morgan fingerprint density at radius 3 is 2.89 bits per heavy atom. The van der Waals surface area contributed by atoms with E-state index < -0.39 is 5.82 Å². The van der Waals surface area contributed by atoms with Crippen LogP contribution in [0.15, 0.2) is 24.4 Å². The minimum Gasteiger partial charge on any atom is -0.385 e. The van der Waals surface area contributed by atoms with Crippen molar-refractivity contribution in [2.75, 3.05) is 12.4 Å². The summed E-state index contributed by atoms with van der Waals surface area (Å²) in [4.78, 5) is 12.0. The summed E-state index contributed by atoms with van der Waals surface area (Å²) in [6, 6.07) is 4.39. The number of aromatic nitrogens is 2. The van der Waals surface area contributed by atoms with Gasteiger partial charge in [-0.05, 0) is 19.1 Å². The second-order valence-electron chi connectivity index (χ2n) is 4.12. The number of rotatable bonds is 4. The SMILES string of the molecule is CNc1c(F)cccc1C(=O)NCc1cn[nH]c1C. The maximum absolute atomic E-state index is 13.5. The van der Waals surface area contributed by atoms with Crippen LogP contribution in [0.25, 0.3) is 0 Å². The molecular formula is C13H15FN4O. The number of benzene rings is 1. The minimum atomic E-state index is -0.449. The average Bonchev–Trinajstić information content (AvgIpc) is 2.81. The molecule has 1 aromatic heterocycles. The third kappa shape index (κ3) is 2.73. The summed E-state index contributed by atoms with van der Waals surface area (Å²) in [6.45, 7) is 2.22. The summed E-state index contributed by atoms with van der Waals surface area (Å²) in [5.41, 5.74) is 2.27. The Kier molecular flexibility index (Phi) is 3.79. The molecule has 0 aliphatic heterocycles. The van der Waals surface area contributed by atoms with Gasteiger partial charge in [-0.1, -0.05) is 6.07 Å². The van der Waals surface area contributed by atoms with Gasteiger partial charge in [0.2, 0.25) is 0 Å². The van der Waals surface area contributed by atoms with E-state index in [0.717, 1.165) is 11.3 Å². The monoisotopic (exact) mass is 262 g/mol. The molecule has 2 aromatic rings. The number of amides is 1. The standard InChI is InChI=1S/C13H15FN4O/c1-8-9(7-17-18-8)6-16-13(19)10-4-3-5-11(14)12(10)15-2/h3-5,7,15H,6H2,1-2H3,(H,16,19)(H,17,18). The summed E-state index contributed by atoms with van der Waals surface area (Å²) in [6.07, 6.45) is 1.65. The number of carbonyl (C=O) groups excluding carboxylic acids is 1. The Labute approximate surface area is 110 Å². The van der Waals surface area contributed by atoms with E-state index in [9.17, 15) is 9.18 Å². The van der Waals surface area contributed by atoms with Crippen LogP contribution in [0.4, 0.5) is 10.1 Å². The van der Waals surface area contributed by atoms with Gasteiger partial charge in [-0.3, -0.25) is 9.89 Å². The fourth-order valence-corrected chi connectivity index (χ4v) is 1.79. The Hall–Kier alpha value is -2.37. The van der Waals surface area contributed by atoms with E-state index in [1.54, 1.807) is 19.3 Å². The van der Waals surface area contributed by atoms with Crippen molar-refractivity contribution in [1.29, 1.82) is 0 Å². The molecule has 1 amide bonds. The average molecular weight is 262 g/mol. The van der Waals surface area contributed by atoms with Gasteiger partial charge in [0.05, 0.1) is 17.4 Å². The molecule has 1 aromatic carbocycles. The highest BCUT2D eigenvalue weighted by molar-refractivity contribution is 5.99. The fourth-order valence-electron chi connectivity index (χ4n) is 1.79. The highest BCUT2D eigenvalue weighted by atomic mass is 19.1. The molecule has 1 heterocycles. The number of aryl methyl sites for hydroxylation is 1. The molecule has 0 unspecified atom stereocenters. The number of aromatic amines is 1. The predicted octanol–water partition coefficient (Wildman–Crippen LogP) is 1.83. The molecule has 0 atom stereocenters. The maximum Gasteiger partial charge on any atom is 0.253 e. The van der Waals surface area contributed by atoms with Crippen molar-refractivity contribution in [2.24, 2.45) is 0 Å². The van der Waals surface area contributed by atoms with Crippen molar-refractivity contribution in [3.63, 3.8) is 0 Å². The van der Waals surface area contributed by atoms with Gasteiger partial charge < -0.3 is 10.6 Å². The van der Waals surface area contributed by atoms with Crippen LogP contribution < -0.4 is 10.6 Å². The molecule has 0 fully saturated rings. The number of H-pyrrole nitrogens is 1. The topological polar surface area (TPSA) is 69.8 Å². The van der Waals surface area contributed by atoms with E-state index in [4.69, 9.17) is 0 Å². The molecule has 0 aliphatic carbocycles. The Bertz CT molecular complexity index is 594. The lowest BCUT2D eigenvalue weighted by Crippen LogP contribution is -2.24. The smallest absolute Gasteiger partial charge is 0.253 e. The van der Waals surface area contributed by atoms with Gasteiger partial charge in [0.1, 0.15) is 5.82 Å². The number of hydrogen-bond acceptors (Lipinski definition) is 3. The van der Waals surface area contributed by atoms with Crippen LogP contribution in [-0.2, 0) is 6.54 Å². The predicted molar refractivity (Wildman–Crippen MR) is 70.4 cm³/mol. The molecule has 0 radical (unpaired) electrons. The summed E-state index contributed by atoms with van der Waals surface area (Å²) >= 11 is 0. The van der Waals surface area contributed by atoms with E-state index in [0.29, 0.717) is 6.54 Å². The number of nitrogens with one attached hydrogen (secondary N) is 3. The molecule has 100 valence electrons. The Balaban J connectivity index is 2.12.